The van der Waals surface area contributed by atoms with Crippen LogP contribution in [0, 0.1) is 23.0 Å². The lowest BCUT2D eigenvalue weighted by molar-refractivity contribution is -0.112. The highest BCUT2D eigenvalue weighted by Gasteiger charge is 2.15. The number of hydrogen-bond donors (Lipinski definition) is 1. The van der Waals surface area contributed by atoms with E-state index in [0.717, 1.165) is 18.2 Å². The van der Waals surface area contributed by atoms with Gasteiger partial charge in [-0.25, -0.2) is 8.78 Å². The first-order valence-electron chi connectivity index (χ1n) is 8.27. The first-order valence-corrected chi connectivity index (χ1v) is 8.27. The molecule has 0 saturated carbocycles. The summed E-state index contributed by atoms with van der Waals surface area (Å²) in [5.41, 5.74) is -0.590. The summed E-state index contributed by atoms with van der Waals surface area (Å²) < 4.78 is 33.3. The van der Waals surface area contributed by atoms with Crippen molar-refractivity contribution in [2.24, 2.45) is 0 Å². The minimum Gasteiger partial charge on any atom is -0.455 e. The van der Waals surface area contributed by atoms with Gasteiger partial charge in [-0.2, -0.15) is 5.26 Å². The van der Waals surface area contributed by atoms with E-state index < -0.39 is 28.7 Å². The smallest absolute Gasteiger partial charge is 0.266 e. The first kappa shape index (κ1) is 18.8. The zero-order chi connectivity index (χ0) is 19.9. The molecule has 0 aromatic heterocycles. The molecule has 1 N–H and O–H groups in total. The topological polar surface area (TPSA) is 62.1 Å². The second-order valence-corrected chi connectivity index (χ2v) is 5.67. The number of carbonyl (C=O) groups is 1. The van der Waals surface area contributed by atoms with Crippen LogP contribution in [0.1, 0.15) is 5.56 Å². The Bertz CT molecular complexity index is 1050. The SMILES string of the molecule is N#C/C(=C\c1c(F)cccc1F)C(=O)Nc1ccccc1Oc1ccccc1. The molecular formula is C22H14F2N2O2. The molecule has 0 atom stereocenters. The molecule has 3 rings (SSSR count). The average Bonchev–Trinajstić information content (AvgIpc) is 2.70. The zero-order valence-electron chi connectivity index (χ0n) is 14.5. The molecular weight excluding hydrogens is 362 g/mol. The van der Waals surface area contributed by atoms with Crippen LogP contribution in [0.15, 0.2) is 78.4 Å². The summed E-state index contributed by atoms with van der Waals surface area (Å²) in [6.07, 6.45) is 0.876. The van der Waals surface area contributed by atoms with Crippen LogP contribution in [0.3, 0.4) is 0 Å². The maximum Gasteiger partial charge on any atom is 0.266 e. The van der Waals surface area contributed by atoms with Crippen LogP contribution in [0.2, 0.25) is 0 Å². The number of rotatable bonds is 5. The first-order chi connectivity index (χ1) is 13.6. The molecule has 0 aliphatic rings. The Morgan fingerprint density at radius 2 is 1.57 bits per heavy atom. The number of anilines is 1. The van der Waals surface area contributed by atoms with Gasteiger partial charge in [-0.15, -0.1) is 0 Å². The Morgan fingerprint density at radius 1 is 0.929 bits per heavy atom. The summed E-state index contributed by atoms with van der Waals surface area (Å²) in [6, 6.07) is 20.6. The fourth-order valence-corrected chi connectivity index (χ4v) is 2.41. The number of hydrogen-bond acceptors (Lipinski definition) is 3. The largest absolute Gasteiger partial charge is 0.455 e. The molecule has 0 fully saturated rings. The number of nitriles is 1. The van der Waals surface area contributed by atoms with Crippen LogP contribution in [-0.4, -0.2) is 5.91 Å². The number of amides is 1. The summed E-state index contributed by atoms with van der Waals surface area (Å²) >= 11 is 0. The van der Waals surface area contributed by atoms with E-state index in [9.17, 15) is 18.8 Å². The predicted octanol–water partition coefficient (Wildman–Crippen LogP) is 5.30. The number of nitrogens with zero attached hydrogens (tertiary/aromatic N) is 1. The highest BCUT2D eigenvalue weighted by atomic mass is 19.1. The third kappa shape index (κ3) is 4.40. The van der Waals surface area contributed by atoms with Gasteiger partial charge < -0.3 is 10.1 Å². The zero-order valence-corrected chi connectivity index (χ0v) is 14.5. The molecule has 28 heavy (non-hydrogen) atoms. The minimum absolute atomic E-state index is 0.312. The fraction of sp³-hybridized carbons (Fsp3) is 0. The Hall–Kier alpha value is -3.98. The molecule has 0 heterocycles. The van der Waals surface area contributed by atoms with Crippen LogP contribution >= 0.6 is 0 Å². The number of para-hydroxylation sites is 3. The van der Waals surface area contributed by atoms with Crippen molar-refractivity contribution in [3.63, 3.8) is 0 Å². The molecule has 1 amide bonds. The van der Waals surface area contributed by atoms with Crippen molar-refractivity contribution < 1.29 is 18.3 Å². The van der Waals surface area contributed by atoms with Gasteiger partial charge in [0, 0.05) is 5.56 Å². The number of nitrogens with one attached hydrogen (secondary N) is 1. The van der Waals surface area contributed by atoms with Gasteiger partial charge in [0.1, 0.15) is 29.0 Å². The monoisotopic (exact) mass is 376 g/mol. The lowest BCUT2D eigenvalue weighted by Gasteiger charge is -2.12. The van der Waals surface area contributed by atoms with E-state index in [1.807, 2.05) is 6.07 Å². The maximum absolute atomic E-state index is 13.8. The van der Waals surface area contributed by atoms with Gasteiger partial charge in [0.2, 0.25) is 0 Å². The van der Waals surface area contributed by atoms with Crippen LogP contribution < -0.4 is 10.1 Å². The van der Waals surface area contributed by atoms with E-state index in [4.69, 9.17) is 4.74 Å². The lowest BCUT2D eigenvalue weighted by atomic mass is 10.1. The van der Waals surface area contributed by atoms with E-state index >= 15 is 0 Å². The highest BCUT2D eigenvalue weighted by molar-refractivity contribution is 6.10. The summed E-state index contributed by atoms with van der Waals surface area (Å²) in [5, 5.41) is 11.8. The van der Waals surface area contributed by atoms with Gasteiger partial charge in [0.15, 0.2) is 5.75 Å². The molecule has 0 radical (unpaired) electrons. The average molecular weight is 376 g/mol. The maximum atomic E-state index is 13.8. The Morgan fingerprint density at radius 3 is 2.25 bits per heavy atom. The van der Waals surface area contributed by atoms with Gasteiger partial charge >= 0.3 is 0 Å². The van der Waals surface area contributed by atoms with Crippen LogP contribution in [0.5, 0.6) is 11.5 Å². The standard InChI is InChI=1S/C22H14F2N2O2/c23-18-9-6-10-19(24)17(18)13-15(14-25)22(27)26-20-11-4-5-12-21(20)28-16-7-2-1-3-8-16/h1-13H,(H,26,27)/b15-13+. The molecule has 138 valence electrons. The van der Waals surface area contributed by atoms with Crippen molar-refractivity contribution in [2.75, 3.05) is 5.32 Å². The van der Waals surface area contributed by atoms with E-state index in [1.54, 1.807) is 54.6 Å². The van der Waals surface area contributed by atoms with Crippen LogP contribution in [0.25, 0.3) is 6.08 Å². The molecule has 3 aromatic rings. The number of carbonyl (C=O) groups excluding carboxylic acids is 1. The van der Waals surface area contributed by atoms with Gasteiger partial charge in [0.25, 0.3) is 5.91 Å². The van der Waals surface area contributed by atoms with E-state index in [1.165, 1.54) is 6.07 Å². The molecule has 0 spiro atoms. The molecule has 0 bridgehead atoms. The second-order valence-electron chi connectivity index (χ2n) is 5.67. The summed E-state index contributed by atoms with van der Waals surface area (Å²) in [4.78, 5) is 12.5. The summed E-state index contributed by atoms with van der Waals surface area (Å²) in [6.45, 7) is 0. The van der Waals surface area contributed by atoms with E-state index in [-0.39, 0.29) is 0 Å². The normalized spacial score (nSPS) is 10.8. The van der Waals surface area contributed by atoms with Crippen molar-refractivity contribution in [1.29, 1.82) is 5.26 Å². The molecule has 4 nitrogen and oxygen atoms in total. The molecule has 0 unspecified atom stereocenters. The lowest BCUT2D eigenvalue weighted by Crippen LogP contribution is -2.14. The second kappa shape index (κ2) is 8.60. The number of halogens is 2. The molecule has 0 saturated heterocycles. The third-order valence-electron chi connectivity index (χ3n) is 3.76. The van der Waals surface area contributed by atoms with Gasteiger partial charge in [-0.05, 0) is 42.5 Å². The Kier molecular flexibility index (Phi) is 5.78. The molecule has 0 aliphatic carbocycles. The Balaban J connectivity index is 1.86. The highest BCUT2D eigenvalue weighted by Crippen LogP contribution is 2.29. The van der Waals surface area contributed by atoms with Crippen LogP contribution in [0.4, 0.5) is 14.5 Å². The van der Waals surface area contributed by atoms with Crippen molar-refractivity contribution >= 4 is 17.7 Å². The van der Waals surface area contributed by atoms with Crippen molar-refractivity contribution in [1.82, 2.24) is 0 Å². The van der Waals surface area contributed by atoms with Crippen molar-refractivity contribution in [2.45, 2.75) is 0 Å². The van der Waals surface area contributed by atoms with Gasteiger partial charge in [-0.1, -0.05) is 36.4 Å². The number of ether oxygens (including phenoxy) is 1. The summed E-state index contributed by atoms with van der Waals surface area (Å²) in [5.74, 6) is -1.62. The molecule has 0 aliphatic heterocycles. The fourth-order valence-electron chi connectivity index (χ4n) is 2.41. The molecule has 3 aromatic carbocycles. The number of benzene rings is 3. The van der Waals surface area contributed by atoms with E-state index in [0.29, 0.717) is 17.2 Å². The predicted molar refractivity (Wildman–Crippen MR) is 102 cm³/mol. The van der Waals surface area contributed by atoms with Crippen molar-refractivity contribution in [3.05, 3.63) is 95.6 Å². The third-order valence-corrected chi connectivity index (χ3v) is 3.76. The van der Waals surface area contributed by atoms with Gasteiger partial charge in [0.05, 0.1) is 5.69 Å². The van der Waals surface area contributed by atoms with Gasteiger partial charge in [-0.3, -0.25) is 4.79 Å². The van der Waals surface area contributed by atoms with Crippen molar-refractivity contribution in [3.8, 4) is 17.6 Å². The minimum atomic E-state index is -0.867. The Labute approximate surface area is 160 Å². The quantitative estimate of drug-likeness (QED) is 0.485. The summed E-state index contributed by atoms with van der Waals surface area (Å²) in [7, 11) is 0. The van der Waals surface area contributed by atoms with E-state index in [2.05, 4.69) is 5.32 Å². The molecule has 6 heteroatoms. The van der Waals surface area contributed by atoms with Crippen LogP contribution in [-0.2, 0) is 4.79 Å².